The number of hydrogen-bond acceptors (Lipinski definition) is 5. The molecule has 4 rings (SSSR count). The van der Waals surface area contributed by atoms with Crippen LogP contribution in [0.3, 0.4) is 0 Å². The van der Waals surface area contributed by atoms with E-state index in [0.29, 0.717) is 48.8 Å². The molecule has 0 aromatic carbocycles. The minimum atomic E-state index is -0.168. The fourth-order valence-electron chi connectivity index (χ4n) is 6.95. The van der Waals surface area contributed by atoms with Crippen LogP contribution in [-0.2, 0) is 14.4 Å². The molecule has 0 aromatic rings. The average molecular weight is 375 g/mol. The summed E-state index contributed by atoms with van der Waals surface area (Å²) in [5.41, 5.74) is 6.62. The topological polar surface area (TPSA) is 81.8 Å². The predicted molar refractivity (Wildman–Crippen MR) is 104 cm³/mol. The molecule has 0 unspecified atom stereocenters. The van der Waals surface area contributed by atoms with Crippen LogP contribution < -0.4 is 5.73 Å². The van der Waals surface area contributed by atoms with Gasteiger partial charge in [0.25, 0.3) is 0 Å². The van der Waals surface area contributed by atoms with Crippen LogP contribution in [-0.4, -0.2) is 29.9 Å². The van der Waals surface area contributed by atoms with Gasteiger partial charge >= 0.3 is 0 Å². The van der Waals surface area contributed by atoms with Gasteiger partial charge in [0.2, 0.25) is 0 Å². The lowest BCUT2D eigenvalue weighted by atomic mass is 9.45. The van der Waals surface area contributed by atoms with E-state index in [-0.39, 0.29) is 22.8 Å². The molecule has 0 aromatic heterocycles. The van der Waals surface area contributed by atoms with Crippen molar-refractivity contribution in [2.24, 2.45) is 45.4 Å². The van der Waals surface area contributed by atoms with Crippen molar-refractivity contribution in [2.75, 3.05) is 6.61 Å². The lowest BCUT2D eigenvalue weighted by molar-refractivity contribution is -0.152. The molecule has 0 aliphatic heterocycles. The fourth-order valence-corrected chi connectivity index (χ4v) is 6.95. The van der Waals surface area contributed by atoms with Crippen molar-refractivity contribution in [1.29, 1.82) is 0 Å². The Balaban J connectivity index is 1.54. The summed E-state index contributed by atoms with van der Waals surface area (Å²) in [5, 5.41) is 4.30. The Labute approximate surface area is 162 Å². The second-order valence-electron chi connectivity index (χ2n) is 10.2. The molecule has 4 fully saturated rings. The van der Waals surface area contributed by atoms with Crippen LogP contribution in [0.15, 0.2) is 5.16 Å². The molecule has 4 saturated carbocycles. The minimum absolute atomic E-state index is 0.0362. The van der Waals surface area contributed by atoms with Crippen LogP contribution in [0.1, 0.15) is 72.1 Å². The molecule has 0 spiro atoms. The van der Waals surface area contributed by atoms with E-state index in [1.54, 1.807) is 0 Å². The van der Waals surface area contributed by atoms with Gasteiger partial charge in [0.15, 0.2) is 0 Å². The van der Waals surface area contributed by atoms with Gasteiger partial charge in [0.1, 0.15) is 18.2 Å². The molecular weight excluding hydrogens is 340 g/mol. The van der Waals surface area contributed by atoms with Crippen molar-refractivity contribution in [2.45, 2.75) is 78.2 Å². The summed E-state index contributed by atoms with van der Waals surface area (Å²) in [4.78, 5) is 31.1. The van der Waals surface area contributed by atoms with Crippen molar-refractivity contribution >= 4 is 17.3 Å². The third kappa shape index (κ3) is 2.97. The zero-order valence-electron chi connectivity index (χ0n) is 17.0. The molecule has 27 heavy (non-hydrogen) atoms. The smallest absolute Gasteiger partial charge is 0.139 e. The zero-order valence-corrected chi connectivity index (χ0v) is 17.0. The summed E-state index contributed by atoms with van der Waals surface area (Å²) < 4.78 is 0. The first kappa shape index (κ1) is 19.1. The van der Waals surface area contributed by atoms with E-state index in [1.165, 1.54) is 0 Å². The first-order valence-electron chi connectivity index (χ1n) is 10.7. The molecule has 0 saturated heterocycles. The lowest BCUT2D eigenvalue weighted by Crippen LogP contribution is -2.56. The summed E-state index contributed by atoms with van der Waals surface area (Å²) >= 11 is 0. The van der Waals surface area contributed by atoms with Gasteiger partial charge in [-0.2, -0.15) is 0 Å². The maximum atomic E-state index is 13.2. The number of Topliss-reactive ketones (excluding diaryl/α,β-unsaturated/α-hetero) is 2. The van der Waals surface area contributed by atoms with E-state index in [0.717, 1.165) is 44.2 Å². The van der Waals surface area contributed by atoms with Crippen LogP contribution >= 0.6 is 0 Å². The van der Waals surface area contributed by atoms with Crippen molar-refractivity contribution < 1.29 is 14.4 Å². The highest BCUT2D eigenvalue weighted by Gasteiger charge is 2.62. The molecular formula is C22H34N2O3. The Bertz CT molecular complexity index is 672. The van der Waals surface area contributed by atoms with Gasteiger partial charge in [-0.05, 0) is 68.6 Å². The number of nitrogens with two attached hydrogens (primary N) is 1. The molecule has 5 heteroatoms. The number of oxime groups is 1. The van der Waals surface area contributed by atoms with Crippen LogP contribution in [0.25, 0.3) is 0 Å². The number of hydrogen-bond donors (Lipinski definition) is 1. The number of nitrogens with zero attached hydrogens (tertiary/aromatic N) is 1. The van der Waals surface area contributed by atoms with Gasteiger partial charge < -0.3 is 10.6 Å². The molecule has 0 amide bonds. The van der Waals surface area contributed by atoms with E-state index in [1.807, 2.05) is 6.92 Å². The Morgan fingerprint density at radius 2 is 1.93 bits per heavy atom. The molecule has 0 radical (unpaired) electrons. The Morgan fingerprint density at radius 3 is 2.67 bits per heavy atom. The minimum Gasteiger partial charge on any atom is -0.394 e. The van der Waals surface area contributed by atoms with Crippen molar-refractivity contribution in [3.8, 4) is 0 Å². The van der Waals surface area contributed by atoms with Crippen molar-refractivity contribution in [3.63, 3.8) is 0 Å². The summed E-state index contributed by atoms with van der Waals surface area (Å²) in [7, 11) is 0. The normalized spacial score (nSPS) is 46.6. The molecule has 4 aliphatic rings. The molecule has 7 atom stereocenters. The van der Waals surface area contributed by atoms with Gasteiger partial charge in [-0.15, -0.1) is 0 Å². The quantitative estimate of drug-likeness (QED) is 0.767. The second kappa shape index (κ2) is 6.68. The van der Waals surface area contributed by atoms with Crippen LogP contribution in [0.2, 0.25) is 0 Å². The summed E-state index contributed by atoms with van der Waals surface area (Å²) in [6.45, 7) is 6.82. The van der Waals surface area contributed by atoms with Gasteiger partial charge in [0.05, 0.1) is 5.71 Å². The monoisotopic (exact) mass is 374 g/mol. The Kier molecular flexibility index (Phi) is 4.73. The average Bonchev–Trinajstić information content (AvgIpc) is 2.91. The number of carbonyl (C=O) groups is 2. The molecule has 0 heterocycles. The summed E-state index contributed by atoms with van der Waals surface area (Å²) in [6.07, 6.45) is 7.11. The Hall–Kier alpha value is -1.23. The zero-order chi connectivity index (χ0) is 19.4. The summed E-state index contributed by atoms with van der Waals surface area (Å²) in [5.74, 6) is 2.27. The lowest BCUT2D eigenvalue weighted by Gasteiger charge is -2.58. The van der Waals surface area contributed by atoms with Gasteiger partial charge in [-0.25, -0.2) is 0 Å². The van der Waals surface area contributed by atoms with Crippen LogP contribution in [0, 0.1) is 34.5 Å². The third-order valence-corrected chi connectivity index (χ3v) is 8.54. The Morgan fingerprint density at radius 1 is 1.15 bits per heavy atom. The van der Waals surface area contributed by atoms with E-state index in [4.69, 9.17) is 10.6 Å². The highest BCUT2D eigenvalue weighted by Crippen LogP contribution is 2.64. The fraction of sp³-hybridized carbons (Fsp3) is 0.864. The van der Waals surface area contributed by atoms with Crippen molar-refractivity contribution in [3.05, 3.63) is 0 Å². The van der Waals surface area contributed by atoms with E-state index in [9.17, 15) is 9.59 Å². The number of ketones is 2. The van der Waals surface area contributed by atoms with Crippen LogP contribution in [0.4, 0.5) is 0 Å². The second-order valence-corrected chi connectivity index (χ2v) is 10.2. The number of fused-ring (bicyclic) bond motifs is 5. The number of rotatable bonds is 3. The molecule has 4 aliphatic carbocycles. The maximum Gasteiger partial charge on any atom is 0.139 e. The van der Waals surface area contributed by atoms with Gasteiger partial charge in [-0.1, -0.05) is 19.0 Å². The highest BCUT2D eigenvalue weighted by atomic mass is 16.6. The standard InChI is InChI=1S/C22H34N2O3/c1-13(23)12-27-24-14-6-8-21(2)17-7-9-22(3)16(4-5-20(22)26)15(17)11-19(25)18(21)10-14/h13,15-18H,4-12,23H2,1-3H3/b24-14+/t13-,15+,16+,17+,18-,21-,22+/m1/s1. The first-order valence-corrected chi connectivity index (χ1v) is 10.7. The number of carbonyl (C=O) groups excluding carboxylic acids is 2. The van der Waals surface area contributed by atoms with E-state index >= 15 is 0 Å². The molecule has 5 nitrogen and oxygen atoms in total. The van der Waals surface area contributed by atoms with E-state index in [2.05, 4.69) is 19.0 Å². The van der Waals surface area contributed by atoms with Gasteiger partial charge in [0, 0.05) is 30.2 Å². The molecule has 150 valence electrons. The SMILES string of the molecule is C[C@@H](N)CO/N=C1\CC[C@@]2(C)[C@H](C1)C(=O)C[C@@H]1[C@@H]2CC[C@]2(C)C(=O)CC[C@@H]12. The predicted octanol–water partition coefficient (Wildman–Crippen LogP) is 3.50. The third-order valence-electron chi connectivity index (χ3n) is 8.54. The van der Waals surface area contributed by atoms with Gasteiger partial charge in [-0.3, -0.25) is 9.59 Å². The molecule has 2 N–H and O–H groups in total. The van der Waals surface area contributed by atoms with Crippen molar-refractivity contribution in [1.82, 2.24) is 0 Å². The van der Waals surface area contributed by atoms with Crippen LogP contribution in [0.5, 0.6) is 0 Å². The maximum absolute atomic E-state index is 13.2. The van der Waals surface area contributed by atoms with E-state index < -0.39 is 0 Å². The first-order chi connectivity index (χ1) is 12.8. The highest BCUT2D eigenvalue weighted by molar-refractivity contribution is 5.93. The largest absolute Gasteiger partial charge is 0.394 e. The molecule has 0 bridgehead atoms. The summed E-state index contributed by atoms with van der Waals surface area (Å²) in [6, 6.07) is -0.0362.